The number of rotatable bonds is 6. The van der Waals surface area contributed by atoms with Crippen molar-refractivity contribution < 1.29 is 34.2 Å². The van der Waals surface area contributed by atoms with Crippen molar-refractivity contribution in [3.63, 3.8) is 0 Å². The Hall–Kier alpha value is -3.71. The van der Waals surface area contributed by atoms with Crippen LogP contribution in [-0.4, -0.2) is 44.7 Å². The van der Waals surface area contributed by atoms with Crippen LogP contribution in [0, 0.1) is 17.8 Å². The molecule has 2 aromatic carbocycles. The zero-order valence-electron chi connectivity index (χ0n) is 22.4. The Balaban J connectivity index is 1.51. The first kappa shape index (κ1) is 26.9. The fourth-order valence-corrected chi connectivity index (χ4v) is 6.97. The Kier molecular flexibility index (Phi) is 6.75. The minimum Gasteiger partial charge on any atom is -0.507 e. The second-order valence-corrected chi connectivity index (χ2v) is 11.2. The number of Topliss-reactive ketones (excluding diaryl/α,β-unsaturated/α-hetero) is 5. The van der Waals surface area contributed by atoms with Crippen LogP contribution in [-0.2, 0) is 33.6 Å². The molecule has 0 saturated heterocycles. The van der Waals surface area contributed by atoms with E-state index in [1.54, 1.807) is 31.2 Å². The van der Waals surface area contributed by atoms with E-state index in [-0.39, 0.29) is 48.4 Å². The SMILES string of the molecule is CCc1cc(CCC(=O)c2ccccc2)c(O)c2c1CC1CC3CC(C)=C(C(C)=O)C(=O)C3(O)C(=O)C1C2=O. The Bertz CT molecular complexity index is 1470. The van der Waals surface area contributed by atoms with Crippen molar-refractivity contribution in [3.8, 4) is 5.75 Å². The first-order valence-electron chi connectivity index (χ1n) is 13.5. The van der Waals surface area contributed by atoms with Gasteiger partial charge in [0.1, 0.15) is 5.75 Å². The molecular formula is C32H32O7. The average Bonchev–Trinajstić information content (AvgIpc) is 2.90. The van der Waals surface area contributed by atoms with Crippen LogP contribution in [0.2, 0.25) is 0 Å². The minimum absolute atomic E-state index is 0.0509. The molecule has 7 nitrogen and oxygen atoms in total. The fraction of sp³-hybridized carbons (Fsp3) is 0.406. The molecule has 202 valence electrons. The number of ketones is 5. The molecule has 0 aromatic heterocycles. The van der Waals surface area contributed by atoms with Crippen molar-refractivity contribution in [2.45, 2.75) is 64.9 Å². The number of phenols is 1. The zero-order valence-corrected chi connectivity index (χ0v) is 22.4. The summed E-state index contributed by atoms with van der Waals surface area (Å²) < 4.78 is 0. The molecule has 5 rings (SSSR count). The number of fused-ring (bicyclic) bond motifs is 3. The molecule has 7 heteroatoms. The van der Waals surface area contributed by atoms with Gasteiger partial charge in [-0.3, -0.25) is 24.0 Å². The lowest BCUT2D eigenvalue weighted by Gasteiger charge is -2.48. The third-order valence-corrected chi connectivity index (χ3v) is 8.88. The van der Waals surface area contributed by atoms with E-state index in [4.69, 9.17) is 0 Å². The molecule has 3 aliphatic carbocycles. The molecule has 3 aliphatic rings. The Labute approximate surface area is 226 Å². The van der Waals surface area contributed by atoms with Crippen LogP contribution < -0.4 is 0 Å². The number of carbonyl (C=O) groups excluding carboxylic acids is 5. The first-order chi connectivity index (χ1) is 18.5. The minimum atomic E-state index is -2.43. The molecule has 2 aromatic rings. The van der Waals surface area contributed by atoms with Gasteiger partial charge in [0.05, 0.1) is 17.1 Å². The van der Waals surface area contributed by atoms with E-state index < -0.39 is 46.5 Å². The van der Waals surface area contributed by atoms with Gasteiger partial charge in [0.15, 0.2) is 28.7 Å². The van der Waals surface area contributed by atoms with E-state index in [0.29, 0.717) is 35.1 Å². The van der Waals surface area contributed by atoms with Gasteiger partial charge in [0.25, 0.3) is 0 Å². The highest BCUT2D eigenvalue weighted by Gasteiger charge is 2.63. The molecule has 4 unspecified atom stereocenters. The van der Waals surface area contributed by atoms with E-state index in [0.717, 1.165) is 5.56 Å². The van der Waals surface area contributed by atoms with Crippen molar-refractivity contribution in [2.24, 2.45) is 17.8 Å². The van der Waals surface area contributed by atoms with Crippen molar-refractivity contribution in [1.29, 1.82) is 0 Å². The lowest BCUT2D eigenvalue weighted by atomic mass is 9.54. The quantitative estimate of drug-likeness (QED) is 0.330. The van der Waals surface area contributed by atoms with Crippen molar-refractivity contribution >= 4 is 28.9 Å². The van der Waals surface area contributed by atoms with Gasteiger partial charge in [-0.1, -0.05) is 48.9 Å². The highest BCUT2D eigenvalue weighted by Crippen LogP contribution is 2.51. The summed E-state index contributed by atoms with van der Waals surface area (Å²) in [5.41, 5.74) is 0.589. The summed E-state index contributed by atoms with van der Waals surface area (Å²) >= 11 is 0. The van der Waals surface area contributed by atoms with Gasteiger partial charge in [-0.15, -0.1) is 0 Å². The van der Waals surface area contributed by atoms with Gasteiger partial charge < -0.3 is 10.2 Å². The summed E-state index contributed by atoms with van der Waals surface area (Å²) in [5, 5.41) is 22.8. The third kappa shape index (κ3) is 4.11. The summed E-state index contributed by atoms with van der Waals surface area (Å²) in [6.07, 6.45) is 1.81. The number of phenolic OH excluding ortho intramolecular Hbond substituents is 1. The number of carbonyl (C=O) groups is 5. The van der Waals surface area contributed by atoms with Gasteiger partial charge in [0.2, 0.25) is 5.78 Å². The van der Waals surface area contributed by atoms with E-state index >= 15 is 0 Å². The number of aryl methyl sites for hydroxylation is 2. The van der Waals surface area contributed by atoms with Gasteiger partial charge in [-0.05, 0) is 68.6 Å². The maximum atomic E-state index is 13.9. The number of hydrogen-bond acceptors (Lipinski definition) is 7. The Morgan fingerprint density at radius 2 is 1.74 bits per heavy atom. The predicted molar refractivity (Wildman–Crippen MR) is 143 cm³/mol. The summed E-state index contributed by atoms with van der Waals surface area (Å²) in [4.78, 5) is 65.9. The van der Waals surface area contributed by atoms with Gasteiger partial charge in [0, 0.05) is 17.9 Å². The van der Waals surface area contributed by atoms with Crippen LogP contribution >= 0.6 is 0 Å². The van der Waals surface area contributed by atoms with E-state index in [1.807, 2.05) is 19.1 Å². The van der Waals surface area contributed by atoms with Crippen molar-refractivity contribution in [3.05, 3.63) is 75.4 Å². The number of allylic oxidation sites excluding steroid dienone is 1. The molecule has 4 atom stereocenters. The average molecular weight is 529 g/mol. The number of aliphatic hydroxyl groups is 1. The highest BCUT2D eigenvalue weighted by atomic mass is 16.3. The summed E-state index contributed by atoms with van der Waals surface area (Å²) in [6, 6.07) is 10.7. The molecule has 2 N–H and O–H groups in total. The largest absolute Gasteiger partial charge is 0.507 e. The van der Waals surface area contributed by atoms with Crippen molar-refractivity contribution in [2.75, 3.05) is 0 Å². The van der Waals surface area contributed by atoms with Crippen molar-refractivity contribution in [1.82, 2.24) is 0 Å². The highest BCUT2D eigenvalue weighted by molar-refractivity contribution is 6.32. The first-order valence-corrected chi connectivity index (χ1v) is 13.5. The summed E-state index contributed by atoms with van der Waals surface area (Å²) in [5.74, 6) is -5.67. The topological polar surface area (TPSA) is 126 Å². The summed E-state index contributed by atoms with van der Waals surface area (Å²) in [6.45, 7) is 4.85. The van der Waals surface area contributed by atoms with Crippen LogP contribution in [0.1, 0.15) is 77.4 Å². The lowest BCUT2D eigenvalue weighted by molar-refractivity contribution is -0.165. The predicted octanol–water partition coefficient (Wildman–Crippen LogP) is 3.94. The van der Waals surface area contributed by atoms with Gasteiger partial charge >= 0.3 is 0 Å². The smallest absolute Gasteiger partial charge is 0.205 e. The lowest BCUT2D eigenvalue weighted by Crippen LogP contribution is -2.64. The van der Waals surface area contributed by atoms with Crippen LogP contribution in [0.4, 0.5) is 0 Å². The molecule has 0 amide bonds. The van der Waals surface area contributed by atoms with Gasteiger partial charge in [-0.2, -0.15) is 0 Å². The Morgan fingerprint density at radius 3 is 2.38 bits per heavy atom. The molecule has 0 radical (unpaired) electrons. The monoisotopic (exact) mass is 528 g/mol. The maximum Gasteiger partial charge on any atom is 0.205 e. The number of aromatic hydroxyl groups is 1. The Morgan fingerprint density at radius 1 is 1.05 bits per heavy atom. The van der Waals surface area contributed by atoms with Crippen LogP contribution in [0.25, 0.3) is 0 Å². The molecule has 0 heterocycles. The second-order valence-electron chi connectivity index (χ2n) is 11.2. The fourth-order valence-electron chi connectivity index (χ4n) is 6.97. The molecule has 1 saturated carbocycles. The van der Waals surface area contributed by atoms with Crippen LogP contribution in [0.5, 0.6) is 5.75 Å². The van der Waals surface area contributed by atoms with Gasteiger partial charge in [-0.25, -0.2) is 0 Å². The standard InChI is InChI=1S/C32H32O7/c1-4-18-13-20(10-11-24(34)19-8-6-5-7-9-19)28(35)27-23(18)15-21-14-22-12-16(2)25(17(3)33)30(37)32(22,39)31(38)26(21)29(27)36/h5-9,13,21-22,26,35,39H,4,10-12,14-15H2,1-3H3. The molecule has 0 spiro atoms. The molecule has 0 bridgehead atoms. The van der Waals surface area contributed by atoms with E-state index in [1.165, 1.54) is 6.92 Å². The number of hydrogen-bond donors (Lipinski definition) is 2. The third-order valence-electron chi connectivity index (χ3n) is 8.88. The van der Waals surface area contributed by atoms with E-state index in [9.17, 15) is 34.2 Å². The van der Waals surface area contributed by atoms with Crippen LogP contribution in [0.3, 0.4) is 0 Å². The van der Waals surface area contributed by atoms with Crippen LogP contribution in [0.15, 0.2) is 47.5 Å². The molecular weight excluding hydrogens is 496 g/mol. The molecule has 39 heavy (non-hydrogen) atoms. The maximum absolute atomic E-state index is 13.9. The molecule has 1 fully saturated rings. The van der Waals surface area contributed by atoms with E-state index in [2.05, 4.69) is 0 Å². The number of benzene rings is 2. The summed E-state index contributed by atoms with van der Waals surface area (Å²) in [7, 11) is 0. The normalized spacial score (nSPS) is 26.2. The molecule has 0 aliphatic heterocycles. The second kappa shape index (κ2) is 9.79. The zero-order chi connectivity index (χ0) is 28.2.